The molecular weight excluding hydrogens is 346 g/mol. The molecule has 0 aromatic heterocycles. The van der Waals surface area contributed by atoms with Gasteiger partial charge in [-0.3, -0.25) is 10.1 Å². The van der Waals surface area contributed by atoms with Crippen LogP contribution in [0, 0.1) is 16.0 Å². The molecule has 0 aliphatic carbocycles. The van der Waals surface area contributed by atoms with Crippen LogP contribution in [-0.2, 0) is 10.0 Å². The summed E-state index contributed by atoms with van der Waals surface area (Å²) in [7, 11) is -2.59. The Balaban J connectivity index is 0.00000264. The van der Waals surface area contributed by atoms with Gasteiger partial charge in [-0.2, -0.15) is 4.31 Å². The van der Waals surface area contributed by atoms with Gasteiger partial charge < -0.3 is 10.5 Å². The van der Waals surface area contributed by atoms with E-state index in [1.54, 1.807) is 6.92 Å². The van der Waals surface area contributed by atoms with E-state index in [4.69, 9.17) is 10.5 Å². The maximum atomic E-state index is 12.8. The molecule has 1 aromatic rings. The van der Waals surface area contributed by atoms with Crippen LogP contribution in [-0.4, -0.2) is 43.9 Å². The van der Waals surface area contributed by atoms with Gasteiger partial charge in [0.1, 0.15) is 5.75 Å². The summed E-state index contributed by atoms with van der Waals surface area (Å²) in [6.45, 7) is 2.45. The van der Waals surface area contributed by atoms with Crippen molar-refractivity contribution in [2.75, 3.05) is 20.2 Å². The molecule has 0 amide bonds. The van der Waals surface area contributed by atoms with Gasteiger partial charge in [-0.15, -0.1) is 12.4 Å². The van der Waals surface area contributed by atoms with Crippen molar-refractivity contribution in [2.24, 2.45) is 11.7 Å². The zero-order valence-corrected chi connectivity index (χ0v) is 14.5. The normalized spacial score (nSPS) is 21.7. The number of ether oxygens (including phenoxy) is 1. The number of nitrogens with two attached hydrogens (primary N) is 1. The van der Waals surface area contributed by atoms with Crippen LogP contribution in [0.5, 0.6) is 5.75 Å². The van der Waals surface area contributed by atoms with Gasteiger partial charge in [0.05, 0.1) is 18.1 Å². The minimum Gasteiger partial charge on any atom is -0.497 e. The summed E-state index contributed by atoms with van der Waals surface area (Å²) in [6.07, 6.45) is 0.652. The molecule has 8 nitrogen and oxygen atoms in total. The van der Waals surface area contributed by atoms with E-state index in [1.165, 1.54) is 23.5 Å². The maximum absolute atomic E-state index is 12.8. The van der Waals surface area contributed by atoms with E-state index in [-0.39, 0.29) is 41.6 Å². The summed E-state index contributed by atoms with van der Waals surface area (Å²) in [6, 6.07) is 3.50. The number of nitro benzene ring substituents is 1. The van der Waals surface area contributed by atoms with Crippen molar-refractivity contribution >= 4 is 28.1 Å². The predicted molar refractivity (Wildman–Crippen MR) is 87.4 cm³/mol. The van der Waals surface area contributed by atoms with E-state index in [1.807, 2.05) is 0 Å². The third-order valence-electron chi connectivity index (χ3n) is 3.89. The van der Waals surface area contributed by atoms with Crippen molar-refractivity contribution in [3.63, 3.8) is 0 Å². The number of halogens is 1. The van der Waals surface area contributed by atoms with Crippen LogP contribution < -0.4 is 10.5 Å². The Morgan fingerprint density at radius 2 is 2.13 bits per heavy atom. The summed E-state index contributed by atoms with van der Waals surface area (Å²) in [5.41, 5.74) is 5.13. The highest BCUT2D eigenvalue weighted by Crippen LogP contribution is 2.34. The molecule has 0 radical (unpaired) electrons. The van der Waals surface area contributed by atoms with E-state index in [9.17, 15) is 18.5 Å². The average Bonchev–Trinajstić information content (AvgIpc) is 2.88. The molecule has 2 unspecified atom stereocenters. The number of hydrogen-bond donors (Lipinski definition) is 1. The number of rotatable bonds is 5. The SMILES string of the molecule is COc1ccc(S(=O)(=O)N2CC(CN)CC2C)c([N+](=O)[O-])c1.Cl. The molecular formula is C13H20ClN3O5S. The topological polar surface area (TPSA) is 116 Å². The third kappa shape index (κ3) is 3.74. The van der Waals surface area contributed by atoms with E-state index >= 15 is 0 Å². The summed E-state index contributed by atoms with van der Waals surface area (Å²) in [5, 5.41) is 11.2. The lowest BCUT2D eigenvalue weighted by Gasteiger charge is -2.21. The van der Waals surface area contributed by atoms with Crippen LogP contribution in [0.25, 0.3) is 0 Å². The molecule has 2 atom stereocenters. The van der Waals surface area contributed by atoms with Crippen molar-refractivity contribution in [1.82, 2.24) is 4.31 Å². The fraction of sp³-hybridized carbons (Fsp3) is 0.538. The number of benzene rings is 1. The smallest absolute Gasteiger partial charge is 0.293 e. The second-order valence-electron chi connectivity index (χ2n) is 5.35. The second kappa shape index (κ2) is 7.43. The highest BCUT2D eigenvalue weighted by molar-refractivity contribution is 7.89. The first kappa shape index (κ1) is 19.6. The Morgan fingerprint density at radius 1 is 1.48 bits per heavy atom. The molecule has 1 saturated heterocycles. The minimum atomic E-state index is -3.95. The maximum Gasteiger partial charge on any atom is 0.293 e. The zero-order valence-electron chi connectivity index (χ0n) is 12.8. The van der Waals surface area contributed by atoms with Gasteiger partial charge in [0.25, 0.3) is 5.69 Å². The second-order valence-corrected chi connectivity index (χ2v) is 7.21. The lowest BCUT2D eigenvalue weighted by atomic mass is 10.1. The van der Waals surface area contributed by atoms with E-state index in [0.717, 1.165) is 6.07 Å². The predicted octanol–water partition coefficient (Wildman–Crippen LogP) is 1.38. The molecule has 1 fully saturated rings. The van der Waals surface area contributed by atoms with Crippen LogP contribution in [0.2, 0.25) is 0 Å². The zero-order chi connectivity index (χ0) is 16.5. The highest BCUT2D eigenvalue weighted by Gasteiger charge is 2.40. The molecule has 10 heteroatoms. The first-order valence-electron chi connectivity index (χ1n) is 6.85. The fourth-order valence-corrected chi connectivity index (χ4v) is 4.58. The van der Waals surface area contributed by atoms with Crippen LogP contribution in [0.4, 0.5) is 5.69 Å². The molecule has 23 heavy (non-hydrogen) atoms. The van der Waals surface area contributed by atoms with Crippen molar-refractivity contribution in [3.05, 3.63) is 28.3 Å². The Morgan fingerprint density at radius 3 is 2.61 bits per heavy atom. The molecule has 130 valence electrons. The molecule has 2 rings (SSSR count). The van der Waals surface area contributed by atoms with Gasteiger partial charge in [0.15, 0.2) is 4.90 Å². The van der Waals surface area contributed by atoms with Gasteiger partial charge in [-0.25, -0.2) is 8.42 Å². The molecule has 1 aromatic carbocycles. The first-order valence-corrected chi connectivity index (χ1v) is 8.29. The number of methoxy groups -OCH3 is 1. The first-order chi connectivity index (χ1) is 10.3. The number of sulfonamides is 1. The van der Waals surface area contributed by atoms with Crippen LogP contribution in [0.15, 0.2) is 23.1 Å². The third-order valence-corrected chi connectivity index (χ3v) is 5.91. The van der Waals surface area contributed by atoms with E-state index in [2.05, 4.69) is 0 Å². The summed E-state index contributed by atoms with van der Waals surface area (Å²) >= 11 is 0. The van der Waals surface area contributed by atoms with Gasteiger partial charge >= 0.3 is 0 Å². The summed E-state index contributed by atoms with van der Waals surface area (Å²) in [4.78, 5) is 10.2. The molecule has 0 saturated carbocycles. The Kier molecular flexibility index (Phi) is 6.34. The highest BCUT2D eigenvalue weighted by atomic mass is 35.5. The summed E-state index contributed by atoms with van der Waals surface area (Å²) < 4.78 is 31.8. The van der Waals surface area contributed by atoms with Gasteiger partial charge in [0.2, 0.25) is 10.0 Å². The largest absolute Gasteiger partial charge is 0.497 e. The standard InChI is InChI=1S/C13H19N3O5S.ClH/c1-9-5-10(7-14)8-15(9)22(19,20)13-4-3-11(21-2)6-12(13)16(17)18;/h3-4,6,9-10H,5,7-8,14H2,1-2H3;1H. The lowest BCUT2D eigenvalue weighted by molar-refractivity contribution is -0.387. The Hall–Kier alpha value is -1.42. The fourth-order valence-electron chi connectivity index (χ4n) is 2.73. The van der Waals surface area contributed by atoms with Crippen LogP contribution >= 0.6 is 12.4 Å². The Bertz CT molecular complexity index is 682. The van der Waals surface area contributed by atoms with Gasteiger partial charge in [-0.1, -0.05) is 0 Å². The molecule has 2 N–H and O–H groups in total. The van der Waals surface area contributed by atoms with Crippen molar-refractivity contribution in [1.29, 1.82) is 0 Å². The van der Waals surface area contributed by atoms with E-state index < -0.39 is 20.6 Å². The quantitative estimate of drug-likeness (QED) is 0.622. The van der Waals surface area contributed by atoms with Crippen molar-refractivity contribution in [3.8, 4) is 5.75 Å². The van der Waals surface area contributed by atoms with Crippen molar-refractivity contribution < 1.29 is 18.1 Å². The monoisotopic (exact) mass is 365 g/mol. The summed E-state index contributed by atoms with van der Waals surface area (Å²) in [5.74, 6) is 0.307. The van der Waals surface area contributed by atoms with Gasteiger partial charge in [0, 0.05) is 12.6 Å². The molecule has 1 aliphatic rings. The molecule has 1 heterocycles. The lowest BCUT2D eigenvalue weighted by Crippen LogP contribution is -2.34. The molecule has 1 aliphatic heterocycles. The number of hydrogen-bond acceptors (Lipinski definition) is 6. The molecule has 0 spiro atoms. The van der Waals surface area contributed by atoms with Crippen molar-refractivity contribution in [2.45, 2.75) is 24.3 Å². The minimum absolute atomic E-state index is 0. The number of nitro groups is 1. The van der Waals surface area contributed by atoms with Gasteiger partial charge in [-0.05, 0) is 37.9 Å². The van der Waals surface area contributed by atoms with Crippen LogP contribution in [0.1, 0.15) is 13.3 Å². The van der Waals surface area contributed by atoms with E-state index in [0.29, 0.717) is 13.0 Å². The molecule has 0 bridgehead atoms. The average molecular weight is 366 g/mol. The van der Waals surface area contributed by atoms with Crippen LogP contribution in [0.3, 0.4) is 0 Å². The Labute approximate surface area is 141 Å². The number of nitrogens with zero attached hydrogens (tertiary/aromatic N) is 2.